The molecule has 5 rings (SSSR count). The number of hydrogen-bond acceptors (Lipinski definition) is 3. The Morgan fingerprint density at radius 1 is 0.862 bits per heavy atom. The van der Waals surface area contributed by atoms with Crippen LogP contribution in [0.2, 0.25) is 0 Å². The molecule has 0 spiro atoms. The summed E-state index contributed by atoms with van der Waals surface area (Å²) in [4.78, 5) is 9.17. The van der Waals surface area contributed by atoms with Crippen molar-refractivity contribution in [2.45, 2.75) is 19.9 Å². The van der Waals surface area contributed by atoms with Gasteiger partial charge in [-0.15, -0.1) is 0 Å². The van der Waals surface area contributed by atoms with E-state index in [1.54, 1.807) is 0 Å². The number of nitrogens with one attached hydrogen (secondary N) is 1. The number of imidazole rings is 1. The van der Waals surface area contributed by atoms with Crippen molar-refractivity contribution in [3.63, 3.8) is 0 Å². The summed E-state index contributed by atoms with van der Waals surface area (Å²) in [6.45, 7) is 2.89. The predicted molar refractivity (Wildman–Crippen MR) is 119 cm³/mol. The summed E-state index contributed by atoms with van der Waals surface area (Å²) in [6, 6.07) is 23.6. The van der Waals surface area contributed by atoms with Gasteiger partial charge in [0.15, 0.2) is 11.5 Å². The molecule has 29 heavy (non-hydrogen) atoms. The number of fused-ring (bicyclic) bond motifs is 2. The second kappa shape index (κ2) is 7.40. The Bertz CT molecular complexity index is 1290. The number of aromatic nitrogens is 3. The molecule has 142 valence electrons. The van der Waals surface area contributed by atoms with Crippen molar-refractivity contribution in [1.29, 1.82) is 0 Å². The fourth-order valence-electron chi connectivity index (χ4n) is 3.68. The van der Waals surface area contributed by atoms with Crippen LogP contribution in [0.15, 0.2) is 85.3 Å². The van der Waals surface area contributed by atoms with Crippen LogP contribution >= 0.6 is 0 Å². The quantitative estimate of drug-likeness (QED) is 0.425. The number of nitrogens with zero attached hydrogens (tertiary/aromatic N) is 3. The molecule has 5 aromatic rings. The molecule has 2 aromatic heterocycles. The van der Waals surface area contributed by atoms with Crippen molar-refractivity contribution >= 4 is 22.2 Å². The molecule has 4 nitrogen and oxygen atoms in total. The molecule has 0 saturated heterocycles. The van der Waals surface area contributed by atoms with Gasteiger partial charge in [-0.3, -0.25) is 4.40 Å². The van der Waals surface area contributed by atoms with Crippen molar-refractivity contribution < 1.29 is 0 Å². The molecule has 0 radical (unpaired) electrons. The van der Waals surface area contributed by atoms with Crippen molar-refractivity contribution in [3.8, 4) is 11.3 Å². The SMILES string of the molecule is CCc1ccc(CNc2nccn3c(-c4ccc5ccccc5c4)cnc23)cc1. The average Bonchev–Trinajstić information content (AvgIpc) is 3.22. The molecule has 0 aliphatic carbocycles. The molecule has 0 aliphatic heterocycles. The van der Waals surface area contributed by atoms with Crippen LogP contribution in [0.3, 0.4) is 0 Å². The van der Waals surface area contributed by atoms with Crippen LogP contribution in [0.5, 0.6) is 0 Å². The Morgan fingerprint density at radius 2 is 1.66 bits per heavy atom. The van der Waals surface area contributed by atoms with Gasteiger partial charge in [0.1, 0.15) is 0 Å². The summed E-state index contributed by atoms with van der Waals surface area (Å²) in [6.07, 6.45) is 6.76. The topological polar surface area (TPSA) is 42.2 Å². The highest BCUT2D eigenvalue weighted by Gasteiger charge is 2.10. The summed E-state index contributed by atoms with van der Waals surface area (Å²) >= 11 is 0. The number of anilines is 1. The number of hydrogen-bond donors (Lipinski definition) is 1. The third kappa shape index (κ3) is 3.34. The van der Waals surface area contributed by atoms with Gasteiger partial charge in [0, 0.05) is 24.5 Å². The monoisotopic (exact) mass is 378 g/mol. The number of benzene rings is 3. The Balaban J connectivity index is 1.46. The van der Waals surface area contributed by atoms with Gasteiger partial charge in [0.2, 0.25) is 0 Å². The van der Waals surface area contributed by atoms with Crippen LogP contribution in [0.25, 0.3) is 27.7 Å². The second-order valence-corrected chi connectivity index (χ2v) is 7.20. The van der Waals surface area contributed by atoms with E-state index in [-0.39, 0.29) is 0 Å². The fourth-order valence-corrected chi connectivity index (χ4v) is 3.68. The molecule has 4 heteroatoms. The fraction of sp³-hybridized carbons (Fsp3) is 0.120. The zero-order chi connectivity index (χ0) is 19.6. The van der Waals surface area contributed by atoms with Gasteiger partial charge < -0.3 is 5.32 Å². The van der Waals surface area contributed by atoms with Gasteiger partial charge in [-0.05, 0) is 34.4 Å². The largest absolute Gasteiger partial charge is 0.363 e. The van der Waals surface area contributed by atoms with Crippen LogP contribution in [-0.2, 0) is 13.0 Å². The lowest BCUT2D eigenvalue weighted by Crippen LogP contribution is -2.04. The molecule has 0 unspecified atom stereocenters. The van der Waals surface area contributed by atoms with Gasteiger partial charge in [-0.2, -0.15) is 0 Å². The first-order chi connectivity index (χ1) is 14.3. The van der Waals surface area contributed by atoms with Crippen LogP contribution in [0.4, 0.5) is 5.82 Å². The van der Waals surface area contributed by atoms with Crippen LogP contribution < -0.4 is 5.32 Å². The summed E-state index contributed by atoms with van der Waals surface area (Å²) in [5.74, 6) is 0.791. The third-order valence-electron chi connectivity index (χ3n) is 5.36. The zero-order valence-electron chi connectivity index (χ0n) is 16.3. The highest BCUT2D eigenvalue weighted by atomic mass is 15.1. The van der Waals surface area contributed by atoms with E-state index < -0.39 is 0 Å². The lowest BCUT2D eigenvalue weighted by Gasteiger charge is -2.09. The molecular weight excluding hydrogens is 356 g/mol. The standard InChI is InChI=1S/C25H22N4/c1-2-18-7-9-19(10-8-18)16-27-24-25-28-17-23(29(25)14-13-26-24)22-12-11-20-5-3-4-6-21(20)15-22/h3-15,17H,2,16H2,1H3,(H,26,27). The molecule has 0 bridgehead atoms. The molecule has 1 N–H and O–H groups in total. The lowest BCUT2D eigenvalue weighted by atomic mass is 10.1. The predicted octanol–water partition coefficient (Wildman–Crippen LogP) is 5.72. The molecular formula is C25H22N4. The molecule has 0 saturated carbocycles. The van der Waals surface area contributed by atoms with E-state index in [9.17, 15) is 0 Å². The minimum absolute atomic E-state index is 0.717. The maximum atomic E-state index is 4.65. The minimum Gasteiger partial charge on any atom is -0.363 e. The molecule has 0 fully saturated rings. The third-order valence-corrected chi connectivity index (χ3v) is 5.36. The first kappa shape index (κ1) is 17.4. The van der Waals surface area contributed by atoms with E-state index in [1.807, 2.05) is 18.6 Å². The molecule has 3 aromatic carbocycles. The maximum absolute atomic E-state index is 4.65. The lowest BCUT2D eigenvalue weighted by molar-refractivity contribution is 1.06. The Labute approximate surface area is 169 Å². The van der Waals surface area contributed by atoms with E-state index in [0.717, 1.165) is 35.7 Å². The maximum Gasteiger partial charge on any atom is 0.180 e. The van der Waals surface area contributed by atoms with Crippen molar-refractivity contribution in [3.05, 3.63) is 96.4 Å². The normalized spacial score (nSPS) is 11.2. The van der Waals surface area contributed by atoms with Gasteiger partial charge in [-0.25, -0.2) is 9.97 Å². The van der Waals surface area contributed by atoms with E-state index in [4.69, 9.17) is 0 Å². The van der Waals surface area contributed by atoms with Crippen LogP contribution in [0, 0.1) is 0 Å². The number of aryl methyl sites for hydroxylation is 1. The molecule has 0 atom stereocenters. The Hall–Kier alpha value is -3.66. The average molecular weight is 378 g/mol. The summed E-state index contributed by atoms with van der Waals surface area (Å²) in [5, 5.41) is 5.91. The first-order valence-corrected chi connectivity index (χ1v) is 9.95. The highest BCUT2D eigenvalue weighted by Crippen LogP contribution is 2.27. The van der Waals surface area contributed by atoms with E-state index in [0.29, 0.717) is 0 Å². The van der Waals surface area contributed by atoms with Gasteiger partial charge >= 0.3 is 0 Å². The second-order valence-electron chi connectivity index (χ2n) is 7.20. The van der Waals surface area contributed by atoms with E-state index in [1.165, 1.54) is 21.9 Å². The first-order valence-electron chi connectivity index (χ1n) is 9.95. The summed E-state index contributed by atoms with van der Waals surface area (Å²) < 4.78 is 2.10. The summed E-state index contributed by atoms with van der Waals surface area (Å²) in [7, 11) is 0. The van der Waals surface area contributed by atoms with Crippen molar-refractivity contribution in [1.82, 2.24) is 14.4 Å². The van der Waals surface area contributed by atoms with E-state index in [2.05, 4.69) is 93.3 Å². The highest BCUT2D eigenvalue weighted by molar-refractivity contribution is 5.87. The smallest absolute Gasteiger partial charge is 0.180 e. The molecule has 0 amide bonds. The zero-order valence-corrected chi connectivity index (χ0v) is 16.3. The molecule has 0 aliphatic rings. The molecule has 2 heterocycles. The van der Waals surface area contributed by atoms with Crippen molar-refractivity contribution in [2.24, 2.45) is 0 Å². The van der Waals surface area contributed by atoms with Crippen LogP contribution in [0.1, 0.15) is 18.1 Å². The minimum atomic E-state index is 0.717. The van der Waals surface area contributed by atoms with Gasteiger partial charge in [0.25, 0.3) is 0 Å². The van der Waals surface area contributed by atoms with Crippen molar-refractivity contribution in [2.75, 3.05) is 5.32 Å². The summed E-state index contributed by atoms with van der Waals surface area (Å²) in [5.41, 5.74) is 5.61. The Kier molecular flexibility index (Phi) is 4.45. The van der Waals surface area contributed by atoms with Gasteiger partial charge in [0.05, 0.1) is 11.9 Å². The number of rotatable bonds is 5. The van der Waals surface area contributed by atoms with Gasteiger partial charge in [-0.1, -0.05) is 67.6 Å². The van der Waals surface area contributed by atoms with Crippen LogP contribution in [-0.4, -0.2) is 14.4 Å². The Morgan fingerprint density at radius 3 is 2.48 bits per heavy atom. The van der Waals surface area contributed by atoms with E-state index >= 15 is 0 Å².